The number of thiophene rings is 1. The number of aromatic nitrogens is 2. The van der Waals surface area contributed by atoms with Crippen molar-refractivity contribution in [3.63, 3.8) is 0 Å². The molecule has 1 atom stereocenters. The summed E-state index contributed by atoms with van der Waals surface area (Å²) in [4.78, 5) is 30.9. The zero-order chi connectivity index (χ0) is 12.6. The summed E-state index contributed by atoms with van der Waals surface area (Å²) in [6.07, 6.45) is 0. The van der Waals surface area contributed by atoms with Gasteiger partial charge < -0.3 is 10.1 Å². The van der Waals surface area contributed by atoms with Gasteiger partial charge in [-0.3, -0.25) is 9.59 Å². The topological polar surface area (TPSA) is 83.0 Å². The smallest absolute Gasteiger partial charge is 0.316 e. The third-order valence-corrected chi connectivity index (χ3v) is 4.06. The van der Waals surface area contributed by atoms with Gasteiger partial charge in [0, 0.05) is 4.88 Å². The fraction of sp³-hybridized carbons (Fsp3) is 0.300. The van der Waals surface area contributed by atoms with E-state index in [4.69, 9.17) is 5.11 Å². The quantitative estimate of drug-likeness (QED) is 0.657. The zero-order valence-electron chi connectivity index (χ0n) is 9.18. The normalized spacial score (nSPS) is 12.8. The van der Waals surface area contributed by atoms with E-state index in [-0.39, 0.29) is 5.56 Å². The molecule has 0 aliphatic carbocycles. The lowest BCUT2D eigenvalue weighted by Gasteiger charge is -2.04. The maximum absolute atomic E-state index is 11.7. The summed E-state index contributed by atoms with van der Waals surface area (Å²) in [5.41, 5.74) is -0.223. The van der Waals surface area contributed by atoms with Crippen molar-refractivity contribution in [2.24, 2.45) is 0 Å². The van der Waals surface area contributed by atoms with E-state index < -0.39 is 11.2 Å². The third-order valence-electron chi connectivity index (χ3n) is 2.14. The number of aryl methyl sites for hydroxylation is 1. The van der Waals surface area contributed by atoms with Crippen molar-refractivity contribution >= 4 is 39.3 Å². The molecule has 90 valence electrons. The molecule has 1 unspecified atom stereocenters. The highest BCUT2D eigenvalue weighted by molar-refractivity contribution is 8.00. The molecule has 0 aliphatic rings. The second kappa shape index (κ2) is 4.50. The lowest BCUT2D eigenvalue weighted by molar-refractivity contribution is -0.136. The molecule has 0 saturated heterocycles. The molecule has 17 heavy (non-hydrogen) atoms. The molecule has 0 amide bonds. The Kier molecular flexibility index (Phi) is 3.21. The molecule has 0 radical (unpaired) electrons. The van der Waals surface area contributed by atoms with Gasteiger partial charge >= 0.3 is 5.97 Å². The Morgan fingerprint density at radius 1 is 1.65 bits per heavy atom. The SMILES string of the molecule is Cc1cc2c(=O)[nH]c(SC(C)C(=O)O)nc2s1. The summed E-state index contributed by atoms with van der Waals surface area (Å²) in [5.74, 6) is -0.930. The van der Waals surface area contributed by atoms with Gasteiger partial charge in [0.05, 0.1) is 5.39 Å². The van der Waals surface area contributed by atoms with Crippen LogP contribution < -0.4 is 5.56 Å². The van der Waals surface area contributed by atoms with Crippen molar-refractivity contribution in [3.8, 4) is 0 Å². The van der Waals surface area contributed by atoms with E-state index in [1.165, 1.54) is 11.3 Å². The van der Waals surface area contributed by atoms with Gasteiger partial charge in [-0.05, 0) is 19.9 Å². The number of aromatic amines is 1. The number of H-pyrrole nitrogens is 1. The van der Waals surface area contributed by atoms with Crippen molar-refractivity contribution in [1.82, 2.24) is 9.97 Å². The predicted molar refractivity (Wildman–Crippen MR) is 67.9 cm³/mol. The average Bonchev–Trinajstić information content (AvgIpc) is 2.59. The first-order valence-corrected chi connectivity index (χ1v) is 6.57. The molecule has 0 aliphatic heterocycles. The Hall–Kier alpha value is -1.34. The Labute approximate surface area is 105 Å². The zero-order valence-corrected chi connectivity index (χ0v) is 10.8. The van der Waals surface area contributed by atoms with Crippen LogP contribution in [0.3, 0.4) is 0 Å². The molecule has 2 aromatic heterocycles. The number of aliphatic carboxylic acids is 1. The number of carbonyl (C=O) groups is 1. The Bertz CT molecular complexity index is 632. The van der Waals surface area contributed by atoms with E-state index in [1.54, 1.807) is 13.0 Å². The van der Waals surface area contributed by atoms with Crippen LogP contribution in [0.4, 0.5) is 0 Å². The minimum atomic E-state index is -0.930. The molecule has 2 N–H and O–H groups in total. The number of hydrogen-bond acceptors (Lipinski definition) is 5. The van der Waals surface area contributed by atoms with Gasteiger partial charge in [-0.2, -0.15) is 0 Å². The predicted octanol–water partition coefficient (Wildman–Crippen LogP) is 1.86. The fourth-order valence-corrected chi connectivity index (χ4v) is 2.98. The summed E-state index contributed by atoms with van der Waals surface area (Å²) < 4.78 is 0. The lowest BCUT2D eigenvalue weighted by atomic mass is 10.4. The third kappa shape index (κ3) is 2.50. The second-order valence-corrected chi connectivity index (χ2v) is 6.11. The van der Waals surface area contributed by atoms with Crippen molar-refractivity contribution in [1.29, 1.82) is 0 Å². The first-order chi connectivity index (χ1) is 7.97. The number of nitrogens with zero attached hydrogens (tertiary/aromatic N) is 1. The Morgan fingerprint density at radius 2 is 2.35 bits per heavy atom. The summed E-state index contributed by atoms with van der Waals surface area (Å²) in [6.45, 7) is 3.45. The van der Waals surface area contributed by atoms with Crippen LogP contribution in [-0.4, -0.2) is 26.3 Å². The standard InChI is InChI=1S/C10H10N2O3S2/c1-4-3-6-7(13)11-10(12-8(6)16-4)17-5(2)9(14)15/h3,5H,1-2H3,(H,14,15)(H,11,12,13). The monoisotopic (exact) mass is 270 g/mol. The summed E-state index contributed by atoms with van der Waals surface area (Å²) in [7, 11) is 0. The van der Waals surface area contributed by atoms with Gasteiger partial charge in [-0.1, -0.05) is 11.8 Å². The van der Waals surface area contributed by atoms with Crippen LogP contribution in [0, 0.1) is 6.92 Å². The Balaban J connectivity index is 2.43. The van der Waals surface area contributed by atoms with E-state index in [0.29, 0.717) is 15.4 Å². The first kappa shape index (κ1) is 12.1. The molecule has 7 heteroatoms. The number of nitrogens with one attached hydrogen (secondary N) is 1. The molecular formula is C10H10N2O3S2. The highest BCUT2D eigenvalue weighted by Crippen LogP contribution is 2.24. The molecule has 2 heterocycles. The molecular weight excluding hydrogens is 260 g/mol. The van der Waals surface area contributed by atoms with E-state index in [1.807, 2.05) is 6.92 Å². The van der Waals surface area contributed by atoms with Crippen LogP contribution in [0.2, 0.25) is 0 Å². The summed E-state index contributed by atoms with van der Waals surface area (Å²) in [5, 5.41) is 9.05. The summed E-state index contributed by atoms with van der Waals surface area (Å²) >= 11 is 2.45. The van der Waals surface area contributed by atoms with Gasteiger partial charge in [0.15, 0.2) is 5.16 Å². The van der Waals surface area contributed by atoms with E-state index in [9.17, 15) is 9.59 Å². The van der Waals surface area contributed by atoms with Gasteiger partial charge in [-0.15, -0.1) is 11.3 Å². The molecule has 2 aromatic rings. The van der Waals surface area contributed by atoms with Crippen molar-refractivity contribution in [2.45, 2.75) is 24.3 Å². The number of carboxylic acid groups (broad SMARTS) is 1. The van der Waals surface area contributed by atoms with Gasteiger partial charge in [-0.25, -0.2) is 4.98 Å². The van der Waals surface area contributed by atoms with Crippen molar-refractivity contribution in [2.75, 3.05) is 0 Å². The molecule has 5 nitrogen and oxygen atoms in total. The number of fused-ring (bicyclic) bond motifs is 1. The van der Waals surface area contributed by atoms with E-state index in [2.05, 4.69) is 9.97 Å². The number of thioether (sulfide) groups is 1. The first-order valence-electron chi connectivity index (χ1n) is 4.87. The second-order valence-electron chi connectivity index (χ2n) is 3.55. The molecule has 0 saturated carbocycles. The average molecular weight is 270 g/mol. The minimum absolute atomic E-state index is 0.223. The van der Waals surface area contributed by atoms with Crippen LogP contribution in [0.25, 0.3) is 10.2 Å². The molecule has 0 fully saturated rings. The molecule has 2 rings (SSSR count). The highest BCUT2D eigenvalue weighted by atomic mass is 32.2. The number of rotatable bonds is 3. The maximum Gasteiger partial charge on any atom is 0.316 e. The highest BCUT2D eigenvalue weighted by Gasteiger charge is 2.15. The molecule has 0 bridgehead atoms. The van der Waals surface area contributed by atoms with Gasteiger partial charge in [0.25, 0.3) is 5.56 Å². The van der Waals surface area contributed by atoms with Crippen molar-refractivity contribution < 1.29 is 9.90 Å². The van der Waals surface area contributed by atoms with Crippen LogP contribution in [0.1, 0.15) is 11.8 Å². The molecule has 0 spiro atoms. The van der Waals surface area contributed by atoms with Gasteiger partial charge in [0.2, 0.25) is 0 Å². The van der Waals surface area contributed by atoms with Crippen molar-refractivity contribution in [3.05, 3.63) is 21.3 Å². The largest absolute Gasteiger partial charge is 0.480 e. The minimum Gasteiger partial charge on any atom is -0.480 e. The van der Waals surface area contributed by atoms with Crippen LogP contribution in [0.15, 0.2) is 16.0 Å². The van der Waals surface area contributed by atoms with E-state index >= 15 is 0 Å². The number of hydrogen-bond donors (Lipinski definition) is 2. The van der Waals surface area contributed by atoms with Crippen LogP contribution in [0.5, 0.6) is 0 Å². The Morgan fingerprint density at radius 3 is 3.00 bits per heavy atom. The molecule has 0 aromatic carbocycles. The number of carboxylic acids is 1. The summed E-state index contributed by atoms with van der Waals surface area (Å²) in [6, 6.07) is 1.78. The maximum atomic E-state index is 11.7. The van der Waals surface area contributed by atoms with Crippen LogP contribution in [-0.2, 0) is 4.79 Å². The van der Waals surface area contributed by atoms with Gasteiger partial charge in [0.1, 0.15) is 10.1 Å². The lowest BCUT2D eigenvalue weighted by Crippen LogP contribution is -2.14. The van der Waals surface area contributed by atoms with Crippen LogP contribution >= 0.6 is 23.1 Å². The van der Waals surface area contributed by atoms with E-state index in [0.717, 1.165) is 16.6 Å². The fourth-order valence-electron chi connectivity index (χ4n) is 1.31.